The summed E-state index contributed by atoms with van der Waals surface area (Å²) in [4.78, 5) is 0. The summed E-state index contributed by atoms with van der Waals surface area (Å²) in [7, 11) is 0. The number of epoxide rings is 1. The van der Waals surface area contributed by atoms with Gasteiger partial charge in [0.05, 0.1) is 13.2 Å². The molecule has 0 amide bonds. The van der Waals surface area contributed by atoms with Crippen LogP contribution in [0.3, 0.4) is 0 Å². The number of aliphatic hydroxyl groups excluding tert-OH is 2. The average molecular weight is 154 g/mol. The van der Waals surface area contributed by atoms with Gasteiger partial charge in [-0.05, 0) is 17.7 Å². The fraction of sp³-hybridized carbons (Fsp3) is 0.500. The first-order valence-electron chi connectivity index (χ1n) is 3.60. The van der Waals surface area contributed by atoms with Gasteiger partial charge in [-0.3, -0.25) is 0 Å². The maximum Gasteiger partial charge on any atom is 0.140 e. The number of hydrogen-bond acceptors (Lipinski definition) is 3. The maximum atomic E-state index is 8.88. The van der Waals surface area contributed by atoms with Gasteiger partial charge in [0.15, 0.2) is 0 Å². The van der Waals surface area contributed by atoms with Gasteiger partial charge in [-0.1, -0.05) is 6.08 Å². The van der Waals surface area contributed by atoms with Gasteiger partial charge < -0.3 is 14.9 Å². The molecule has 0 aromatic carbocycles. The van der Waals surface area contributed by atoms with Crippen LogP contribution in [0.25, 0.3) is 0 Å². The molecule has 2 unspecified atom stereocenters. The van der Waals surface area contributed by atoms with Crippen molar-refractivity contribution < 1.29 is 14.9 Å². The number of aliphatic hydroxyl groups is 2. The lowest BCUT2D eigenvalue weighted by Gasteiger charge is -2.06. The molecule has 0 spiro atoms. The zero-order valence-corrected chi connectivity index (χ0v) is 6.03. The summed E-state index contributed by atoms with van der Waals surface area (Å²) < 4.78 is 5.22. The maximum absolute atomic E-state index is 8.88. The molecular weight excluding hydrogens is 144 g/mol. The second kappa shape index (κ2) is 2.17. The topological polar surface area (TPSA) is 53.0 Å². The predicted octanol–water partition coefficient (Wildman–Crippen LogP) is -0.395. The van der Waals surface area contributed by atoms with Crippen LogP contribution in [0.1, 0.15) is 0 Å². The van der Waals surface area contributed by atoms with E-state index in [0.717, 1.165) is 5.57 Å². The Morgan fingerprint density at radius 3 is 2.91 bits per heavy atom. The van der Waals surface area contributed by atoms with E-state index in [4.69, 9.17) is 14.9 Å². The van der Waals surface area contributed by atoms with Gasteiger partial charge in [-0.2, -0.15) is 0 Å². The van der Waals surface area contributed by atoms with Gasteiger partial charge in [-0.25, -0.2) is 0 Å². The van der Waals surface area contributed by atoms with E-state index in [1.54, 1.807) is 6.08 Å². The van der Waals surface area contributed by atoms with Crippen molar-refractivity contribution in [2.45, 2.75) is 11.7 Å². The summed E-state index contributed by atoms with van der Waals surface area (Å²) in [6.07, 6.45) is 5.43. The molecule has 0 aromatic heterocycles. The van der Waals surface area contributed by atoms with Crippen molar-refractivity contribution in [3.63, 3.8) is 0 Å². The minimum atomic E-state index is -0.446. The number of rotatable bonds is 2. The lowest BCUT2D eigenvalue weighted by atomic mass is 9.98. The van der Waals surface area contributed by atoms with Crippen molar-refractivity contribution in [1.29, 1.82) is 0 Å². The first-order valence-corrected chi connectivity index (χ1v) is 3.60. The van der Waals surface area contributed by atoms with E-state index in [1.807, 2.05) is 12.2 Å². The van der Waals surface area contributed by atoms with Crippen molar-refractivity contribution in [1.82, 2.24) is 0 Å². The van der Waals surface area contributed by atoms with Gasteiger partial charge in [0.25, 0.3) is 0 Å². The Kier molecular flexibility index (Phi) is 1.39. The second-order valence-corrected chi connectivity index (χ2v) is 2.88. The molecule has 60 valence electrons. The van der Waals surface area contributed by atoms with E-state index in [9.17, 15) is 0 Å². The Morgan fingerprint density at radius 1 is 1.55 bits per heavy atom. The molecule has 0 saturated carbocycles. The van der Waals surface area contributed by atoms with Crippen LogP contribution in [0, 0.1) is 0 Å². The molecule has 0 radical (unpaired) electrons. The fourth-order valence-electron chi connectivity index (χ4n) is 1.30. The quantitative estimate of drug-likeness (QED) is 0.532. The summed E-state index contributed by atoms with van der Waals surface area (Å²) in [5.41, 5.74) is 0.412. The van der Waals surface area contributed by atoms with Crippen LogP contribution in [0.15, 0.2) is 23.8 Å². The third-order valence-corrected chi connectivity index (χ3v) is 2.15. The number of fused-ring (bicyclic) bond motifs is 1. The first kappa shape index (κ1) is 7.03. The molecule has 2 N–H and O–H groups in total. The summed E-state index contributed by atoms with van der Waals surface area (Å²) in [6, 6.07) is 0. The zero-order valence-electron chi connectivity index (χ0n) is 6.03. The fourth-order valence-corrected chi connectivity index (χ4v) is 1.30. The molecule has 2 atom stereocenters. The summed E-state index contributed by atoms with van der Waals surface area (Å²) in [6.45, 7) is 0.0568. The molecule has 3 nitrogen and oxygen atoms in total. The standard InChI is InChI=1S/C8H10O3/c9-4-6-1-2-8(5-10)7(3-6)11-8/h1-3,7,9-10H,4-5H2. The van der Waals surface area contributed by atoms with Gasteiger partial charge in [-0.15, -0.1) is 0 Å². The third-order valence-electron chi connectivity index (χ3n) is 2.15. The highest BCUT2D eigenvalue weighted by molar-refractivity contribution is 5.37. The smallest absolute Gasteiger partial charge is 0.140 e. The van der Waals surface area contributed by atoms with Gasteiger partial charge in [0.1, 0.15) is 11.7 Å². The normalized spacial score (nSPS) is 39.8. The van der Waals surface area contributed by atoms with Crippen LogP contribution in [0.4, 0.5) is 0 Å². The van der Waals surface area contributed by atoms with Crippen molar-refractivity contribution in [2.24, 2.45) is 0 Å². The Morgan fingerprint density at radius 2 is 2.36 bits per heavy atom. The largest absolute Gasteiger partial charge is 0.393 e. The van der Waals surface area contributed by atoms with Gasteiger partial charge >= 0.3 is 0 Å². The molecule has 1 fully saturated rings. The average Bonchev–Trinajstić information content (AvgIpc) is 2.77. The van der Waals surface area contributed by atoms with Crippen LogP contribution in [-0.4, -0.2) is 35.1 Å². The Labute approximate surface area is 64.6 Å². The minimum absolute atomic E-state index is 0.0142. The highest BCUT2D eigenvalue weighted by Gasteiger charge is 2.54. The Balaban J connectivity index is 2.15. The molecular formula is C8H10O3. The van der Waals surface area contributed by atoms with Gasteiger partial charge in [0, 0.05) is 0 Å². The van der Waals surface area contributed by atoms with E-state index in [1.165, 1.54) is 0 Å². The van der Waals surface area contributed by atoms with Crippen molar-refractivity contribution in [3.8, 4) is 0 Å². The van der Waals surface area contributed by atoms with Crippen LogP contribution in [0.2, 0.25) is 0 Å². The molecule has 1 heterocycles. The first-order chi connectivity index (χ1) is 5.30. The Hall–Kier alpha value is -0.640. The second-order valence-electron chi connectivity index (χ2n) is 2.88. The molecule has 0 aromatic rings. The molecule has 3 heteroatoms. The third kappa shape index (κ3) is 0.929. The van der Waals surface area contributed by atoms with Crippen LogP contribution in [0.5, 0.6) is 0 Å². The van der Waals surface area contributed by atoms with E-state index in [0.29, 0.717) is 0 Å². The van der Waals surface area contributed by atoms with Crippen molar-refractivity contribution in [2.75, 3.05) is 13.2 Å². The predicted molar refractivity (Wildman–Crippen MR) is 39.0 cm³/mol. The van der Waals surface area contributed by atoms with Gasteiger partial charge in [0.2, 0.25) is 0 Å². The number of hydrogen-bond donors (Lipinski definition) is 2. The van der Waals surface area contributed by atoms with Crippen LogP contribution in [-0.2, 0) is 4.74 Å². The summed E-state index contributed by atoms with van der Waals surface area (Å²) >= 11 is 0. The lowest BCUT2D eigenvalue weighted by molar-refractivity contribution is 0.203. The molecule has 11 heavy (non-hydrogen) atoms. The molecule has 1 saturated heterocycles. The van der Waals surface area contributed by atoms with E-state index < -0.39 is 5.60 Å². The molecule has 1 aliphatic carbocycles. The summed E-state index contributed by atoms with van der Waals surface area (Å²) in [5.74, 6) is 0. The van der Waals surface area contributed by atoms with E-state index in [-0.39, 0.29) is 19.3 Å². The van der Waals surface area contributed by atoms with Crippen LogP contribution >= 0.6 is 0 Å². The lowest BCUT2D eigenvalue weighted by Crippen LogP contribution is -2.19. The summed E-state index contributed by atoms with van der Waals surface area (Å²) in [5, 5.41) is 17.6. The SMILES string of the molecule is OCC1=CC2OC2(CO)C=C1. The monoisotopic (exact) mass is 154 g/mol. The molecule has 2 aliphatic rings. The Bertz CT molecular complexity index is 231. The zero-order chi connectivity index (χ0) is 7.90. The number of ether oxygens (including phenoxy) is 1. The molecule has 1 aliphatic heterocycles. The van der Waals surface area contributed by atoms with E-state index in [2.05, 4.69) is 0 Å². The van der Waals surface area contributed by atoms with Crippen molar-refractivity contribution in [3.05, 3.63) is 23.8 Å². The van der Waals surface area contributed by atoms with Crippen LogP contribution < -0.4 is 0 Å². The van der Waals surface area contributed by atoms with Crippen molar-refractivity contribution >= 4 is 0 Å². The van der Waals surface area contributed by atoms with E-state index >= 15 is 0 Å². The molecule has 2 rings (SSSR count). The highest BCUT2D eigenvalue weighted by Crippen LogP contribution is 2.41. The molecule has 0 bridgehead atoms. The minimum Gasteiger partial charge on any atom is -0.393 e. The highest BCUT2D eigenvalue weighted by atomic mass is 16.6.